The van der Waals surface area contributed by atoms with Gasteiger partial charge in [-0.05, 0) is 31.5 Å². The summed E-state index contributed by atoms with van der Waals surface area (Å²) < 4.78 is 1.54. The summed E-state index contributed by atoms with van der Waals surface area (Å²) in [6.45, 7) is 3.57. The highest BCUT2D eigenvalue weighted by atomic mass is 16.6. The van der Waals surface area contributed by atoms with Gasteiger partial charge in [0, 0.05) is 37.5 Å². The van der Waals surface area contributed by atoms with Crippen LogP contribution in [0.2, 0.25) is 0 Å². The molecule has 3 rings (SSSR count). The van der Waals surface area contributed by atoms with Gasteiger partial charge in [-0.1, -0.05) is 0 Å². The number of carbonyl (C=O) groups is 1. The van der Waals surface area contributed by atoms with Crippen molar-refractivity contribution in [2.24, 2.45) is 0 Å². The van der Waals surface area contributed by atoms with Crippen LogP contribution in [-0.4, -0.2) is 49.4 Å². The molecule has 0 spiro atoms. The van der Waals surface area contributed by atoms with Crippen molar-refractivity contribution in [3.05, 3.63) is 51.3 Å². The van der Waals surface area contributed by atoms with Crippen molar-refractivity contribution in [1.29, 1.82) is 0 Å². The molecule has 25 heavy (non-hydrogen) atoms. The fourth-order valence-electron chi connectivity index (χ4n) is 2.48. The van der Waals surface area contributed by atoms with Crippen molar-refractivity contribution in [3.8, 4) is 11.4 Å². The second kappa shape index (κ2) is 5.93. The van der Waals surface area contributed by atoms with Crippen molar-refractivity contribution in [1.82, 2.24) is 24.5 Å². The molecule has 2 aromatic heterocycles. The molecule has 0 aliphatic heterocycles. The summed E-state index contributed by atoms with van der Waals surface area (Å²) in [6.07, 6.45) is 0. The van der Waals surface area contributed by atoms with Gasteiger partial charge in [0.1, 0.15) is 5.69 Å². The zero-order chi connectivity index (χ0) is 18.3. The predicted molar refractivity (Wildman–Crippen MR) is 90.4 cm³/mol. The summed E-state index contributed by atoms with van der Waals surface area (Å²) in [6, 6.07) is 6.15. The van der Waals surface area contributed by atoms with E-state index in [0.29, 0.717) is 28.4 Å². The van der Waals surface area contributed by atoms with Gasteiger partial charge in [-0.3, -0.25) is 14.9 Å². The molecule has 0 N–H and O–H groups in total. The zero-order valence-electron chi connectivity index (χ0n) is 14.2. The van der Waals surface area contributed by atoms with Gasteiger partial charge in [0.25, 0.3) is 17.4 Å². The summed E-state index contributed by atoms with van der Waals surface area (Å²) in [5, 5.41) is 15.3. The topological polar surface area (TPSA) is 107 Å². The number of amides is 1. The van der Waals surface area contributed by atoms with Crippen LogP contribution < -0.4 is 0 Å². The van der Waals surface area contributed by atoms with E-state index in [0.717, 1.165) is 0 Å². The Hall–Kier alpha value is -3.36. The Morgan fingerprint density at radius 3 is 2.52 bits per heavy atom. The molecule has 0 unspecified atom stereocenters. The van der Waals surface area contributed by atoms with Crippen LogP contribution in [0.4, 0.5) is 5.69 Å². The number of hydrogen-bond acceptors (Lipinski definition) is 6. The number of aryl methyl sites for hydroxylation is 2. The third kappa shape index (κ3) is 2.91. The van der Waals surface area contributed by atoms with E-state index in [2.05, 4.69) is 15.1 Å². The Kier molecular flexibility index (Phi) is 3.91. The van der Waals surface area contributed by atoms with Gasteiger partial charge in [-0.15, -0.1) is 5.10 Å². The fourth-order valence-corrected chi connectivity index (χ4v) is 2.48. The van der Waals surface area contributed by atoms with Gasteiger partial charge in [0.05, 0.1) is 4.92 Å². The van der Waals surface area contributed by atoms with E-state index in [-0.39, 0.29) is 17.3 Å². The maximum atomic E-state index is 12.1. The molecule has 3 aromatic rings. The Bertz CT molecular complexity index is 1010. The first kappa shape index (κ1) is 16.5. The molecular weight excluding hydrogens is 324 g/mol. The smallest absolute Gasteiger partial charge is 0.272 e. The van der Waals surface area contributed by atoms with Gasteiger partial charge in [-0.25, -0.2) is 9.50 Å². The lowest BCUT2D eigenvalue weighted by molar-refractivity contribution is -0.384. The van der Waals surface area contributed by atoms with Crippen LogP contribution in [-0.2, 0) is 0 Å². The number of fused-ring (bicyclic) bond motifs is 1. The van der Waals surface area contributed by atoms with Gasteiger partial charge >= 0.3 is 0 Å². The van der Waals surface area contributed by atoms with Crippen LogP contribution in [0.1, 0.15) is 21.7 Å². The normalized spacial score (nSPS) is 10.9. The van der Waals surface area contributed by atoms with Crippen LogP contribution in [0, 0.1) is 24.0 Å². The van der Waals surface area contributed by atoms with Gasteiger partial charge in [0.2, 0.25) is 0 Å². The van der Waals surface area contributed by atoms with Gasteiger partial charge in [-0.2, -0.15) is 4.98 Å². The number of nitro groups is 1. The maximum absolute atomic E-state index is 12.1. The molecule has 2 heterocycles. The van der Waals surface area contributed by atoms with Crippen molar-refractivity contribution >= 4 is 17.4 Å². The Labute approximate surface area is 143 Å². The lowest BCUT2D eigenvalue weighted by Gasteiger charge is -2.09. The fraction of sp³-hybridized carbons (Fsp3) is 0.250. The minimum atomic E-state index is -0.446. The van der Waals surface area contributed by atoms with E-state index < -0.39 is 4.92 Å². The van der Waals surface area contributed by atoms with E-state index in [9.17, 15) is 14.9 Å². The monoisotopic (exact) mass is 340 g/mol. The number of nitro benzene ring substituents is 1. The summed E-state index contributed by atoms with van der Waals surface area (Å²) in [5.74, 6) is 0.483. The number of benzene rings is 1. The minimum absolute atomic E-state index is 0.0122. The highest BCUT2D eigenvalue weighted by Gasteiger charge is 2.17. The first-order valence-corrected chi connectivity index (χ1v) is 7.49. The van der Waals surface area contributed by atoms with Crippen LogP contribution in [0.25, 0.3) is 17.2 Å². The molecule has 128 valence electrons. The number of carbonyl (C=O) groups excluding carboxylic acids is 1. The number of nitrogens with zero attached hydrogens (tertiary/aromatic N) is 6. The van der Waals surface area contributed by atoms with Crippen molar-refractivity contribution < 1.29 is 9.72 Å². The van der Waals surface area contributed by atoms with Crippen molar-refractivity contribution in [2.75, 3.05) is 14.1 Å². The Balaban J connectivity index is 2.12. The van der Waals surface area contributed by atoms with Crippen LogP contribution in [0.5, 0.6) is 0 Å². The molecule has 0 saturated heterocycles. The molecular formula is C16H16N6O3. The largest absolute Gasteiger partial charge is 0.343 e. The third-order valence-electron chi connectivity index (χ3n) is 3.78. The zero-order valence-corrected chi connectivity index (χ0v) is 14.2. The second-order valence-electron chi connectivity index (χ2n) is 5.89. The Morgan fingerprint density at radius 1 is 1.20 bits per heavy atom. The van der Waals surface area contributed by atoms with E-state index >= 15 is 0 Å². The molecule has 0 fully saturated rings. The minimum Gasteiger partial charge on any atom is -0.343 e. The molecule has 0 aliphatic rings. The number of aromatic nitrogens is 4. The molecule has 0 radical (unpaired) electrons. The third-order valence-corrected chi connectivity index (χ3v) is 3.78. The predicted octanol–water partition coefficient (Wildman–Crippen LogP) is 2.02. The molecule has 0 aliphatic carbocycles. The first-order chi connectivity index (χ1) is 11.8. The summed E-state index contributed by atoms with van der Waals surface area (Å²) in [5.41, 5.74) is 2.38. The van der Waals surface area contributed by atoms with E-state index in [1.54, 1.807) is 37.7 Å². The molecule has 0 saturated carbocycles. The van der Waals surface area contributed by atoms with E-state index in [4.69, 9.17) is 0 Å². The standard InChI is InChI=1S/C16H16N6O3/c1-9-7-11(22(24)25)5-6-12(9)14-18-16-17-13(15(23)20(3)4)8-10(2)21(16)19-14/h5-8H,1-4H3. The second-order valence-corrected chi connectivity index (χ2v) is 5.89. The average molecular weight is 340 g/mol. The number of hydrogen-bond donors (Lipinski definition) is 0. The molecule has 9 nitrogen and oxygen atoms in total. The Morgan fingerprint density at radius 2 is 1.92 bits per heavy atom. The highest BCUT2D eigenvalue weighted by Crippen LogP contribution is 2.25. The van der Waals surface area contributed by atoms with Crippen LogP contribution in [0.3, 0.4) is 0 Å². The van der Waals surface area contributed by atoms with Crippen molar-refractivity contribution in [3.63, 3.8) is 0 Å². The molecule has 9 heteroatoms. The van der Waals surface area contributed by atoms with Crippen LogP contribution >= 0.6 is 0 Å². The first-order valence-electron chi connectivity index (χ1n) is 7.49. The lowest BCUT2D eigenvalue weighted by Crippen LogP contribution is -2.23. The number of non-ortho nitro benzene ring substituents is 1. The quantitative estimate of drug-likeness (QED) is 0.533. The summed E-state index contributed by atoms with van der Waals surface area (Å²) in [4.78, 5) is 32.6. The van der Waals surface area contributed by atoms with Gasteiger partial charge in [0.15, 0.2) is 5.82 Å². The lowest BCUT2D eigenvalue weighted by atomic mass is 10.1. The average Bonchev–Trinajstić information content (AvgIpc) is 2.98. The van der Waals surface area contributed by atoms with Gasteiger partial charge < -0.3 is 4.90 Å². The number of rotatable bonds is 3. The molecule has 0 atom stereocenters. The highest BCUT2D eigenvalue weighted by molar-refractivity contribution is 5.92. The summed E-state index contributed by atoms with van der Waals surface area (Å²) in [7, 11) is 3.30. The van der Waals surface area contributed by atoms with Crippen molar-refractivity contribution in [2.45, 2.75) is 13.8 Å². The molecule has 0 bridgehead atoms. The van der Waals surface area contributed by atoms with Crippen LogP contribution in [0.15, 0.2) is 24.3 Å². The summed E-state index contributed by atoms with van der Waals surface area (Å²) >= 11 is 0. The maximum Gasteiger partial charge on any atom is 0.272 e. The molecule has 1 amide bonds. The van der Waals surface area contributed by atoms with E-state index in [1.807, 2.05) is 6.92 Å². The molecule has 1 aromatic carbocycles. The van der Waals surface area contributed by atoms with E-state index in [1.165, 1.54) is 17.0 Å². The SMILES string of the molecule is Cc1cc([N+](=O)[O-])ccc1-c1nc2nc(C(=O)N(C)C)cc(C)n2n1.